The molecular weight excluding hydrogens is 236 g/mol. The maximum absolute atomic E-state index is 12.3. The van der Waals surface area contributed by atoms with Crippen molar-refractivity contribution in [1.29, 1.82) is 0 Å². The van der Waals surface area contributed by atoms with E-state index in [1.165, 1.54) is 38.5 Å². The second kappa shape index (κ2) is 3.97. The van der Waals surface area contributed by atoms with Gasteiger partial charge >= 0.3 is 0 Å². The van der Waals surface area contributed by atoms with Gasteiger partial charge < -0.3 is 4.90 Å². The highest BCUT2D eigenvalue weighted by Crippen LogP contribution is 2.62. The Morgan fingerprint density at radius 1 is 1.16 bits per heavy atom. The second-order valence-electron chi connectivity index (χ2n) is 7.85. The molecule has 2 unspecified atom stereocenters. The Bertz CT molecular complexity index is 370. The lowest BCUT2D eigenvalue weighted by atomic mass is 9.47. The van der Waals surface area contributed by atoms with Gasteiger partial charge in [-0.15, -0.1) is 0 Å². The summed E-state index contributed by atoms with van der Waals surface area (Å²) in [5, 5.41) is 3.31. The van der Waals surface area contributed by atoms with Crippen molar-refractivity contribution < 1.29 is 4.79 Å². The molecule has 0 radical (unpaired) electrons. The first kappa shape index (κ1) is 12.2. The summed E-state index contributed by atoms with van der Waals surface area (Å²) in [7, 11) is 0. The fraction of sp³-hybridized carbons (Fsp3) is 0.938. The van der Waals surface area contributed by atoms with Crippen molar-refractivity contribution >= 4 is 5.91 Å². The minimum Gasteiger partial charge on any atom is -0.325 e. The number of rotatable bonds is 2. The number of hydrogen-bond donors (Lipinski definition) is 1. The highest BCUT2D eigenvalue weighted by atomic mass is 16.2. The third-order valence-electron chi connectivity index (χ3n) is 6.66. The van der Waals surface area contributed by atoms with Crippen molar-refractivity contribution in [2.75, 3.05) is 6.67 Å². The molecule has 4 saturated carbocycles. The summed E-state index contributed by atoms with van der Waals surface area (Å²) in [6.45, 7) is 5.09. The number of nitrogens with zero attached hydrogens (tertiary/aromatic N) is 1. The van der Waals surface area contributed by atoms with Crippen LogP contribution < -0.4 is 5.32 Å². The Labute approximate surface area is 116 Å². The number of hydrogen-bond acceptors (Lipinski definition) is 2. The molecule has 3 nitrogen and oxygen atoms in total. The molecule has 0 aromatic rings. The zero-order valence-corrected chi connectivity index (χ0v) is 12.2. The van der Waals surface area contributed by atoms with E-state index < -0.39 is 0 Å². The fourth-order valence-corrected chi connectivity index (χ4v) is 6.00. The summed E-state index contributed by atoms with van der Waals surface area (Å²) >= 11 is 0. The van der Waals surface area contributed by atoms with Crippen LogP contribution in [0.25, 0.3) is 0 Å². The lowest BCUT2D eigenvalue weighted by Crippen LogP contribution is -2.56. The van der Waals surface area contributed by atoms with Gasteiger partial charge in [-0.05, 0) is 75.5 Å². The van der Waals surface area contributed by atoms with Gasteiger partial charge in [-0.3, -0.25) is 10.1 Å². The molecule has 1 amide bonds. The van der Waals surface area contributed by atoms with Gasteiger partial charge in [-0.2, -0.15) is 0 Å². The Hall–Kier alpha value is -0.570. The van der Waals surface area contributed by atoms with Crippen molar-refractivity contribution in [1.82, 2.24) is 10.2 Å². The molecule has 0 spiro atoms. The molecular formula is C16H26N2O. The van der Waals surface area contributed by atoms with Crippen molar-refractivity contribution in [3.8, 4) is 0 Å². The minimum atomic E-state index is 0.0244. The van der Waals surface area contributed by atoms with Crippen molar-refractivity contribution in [2.24, 2.45) is 23.2 Å². The summed E-state index contributed by atoms with van der Waals surface area (Å²) in [6, 6.07) is 0.460. The molecule has 19 heavy (non-hydrogen) atoms. The number of carbonyl (C=O) groups is 1. The maximum atomic E-state index is 12.3. The van der Waals surface area contributed by atoms with E-state index in [0.29, 0.717) is 17.4 Å². The smallest absolute Gasteiger partial charge is 0.240 e. The molecule has 1 aliphatic heterocycles. The molecule has 0 aromatic carbocycles. The monoisotopic (exact) mass is 262 g/mol. The number of carbonyl (C=O) groups excluding carboxylic acids is 1. The Kier molecular flexibility index (Phi) is 2.55. The summed E-state index contributed by atoms with van der Waals surface area (Å²) in [5.41, 5.74) is 0.455. The molecule has 3 heteroatoms. The van der Waals surface area contributed by atoms with Crippen molar-refractivity contribution in [3.05, 3.63) is 0 Å². The van der Waals surface area contributed by atoms with Crippen LogP contribution in [0.4, 0.5) is 0 Å². The third-order valence-corrected chi connectivity index (χ3v) is 6.66. The maximum Gasteiger partial charge on any atom is 0.240 e. The molecule has 0 aromatic heterocycles. The highest BCUT2D eigenvalue weighted by molar-refractivity contribution is 5.83. The average molecular weight is 262 g/mol. The third kappa shape index (κ3) is 1.70. The van der Waals surface area contributed by atoms with Crippen LogP contribution in [-0.2, 0) is 4.79 Å². The second-order valence-corrected chi connectivity index (χ2v) is 7.85. The predicted octanol–water partition coefficient (Wildman–Crippen LogP) is 2.37. The molecule has 5 fully saturated rings. The number of amides is 1. The number of nitrogens with one attached hydrogen (secondary N) is 1. The Morgan fingerprint density at radius 2 is 1.68 bits per heavy atom. The van der Waals surface area contributed by atoms with Crippen LogP contribution in [0.15, 0.2) is 0 Å². The molecule has 2 atom stereocenters. The normalized spacial score (nSPS) is 50.0. The van der Waals surface area contributed by atoms with Gasteiger partial charge in [0.2, 0.25) is 5.91 Å². The van der Waals surface area contributed by atoms with E-state index in [2.05, 4.69) is 17.1 Å². The van der Waals surface area contributed by atoms with E-state index in [4.69, 9.17) is 0 Å². The summed E-state index contributed by atoms with van der Waals surface area (Å²) in [4.78, 5) is 14.4. The summed E-state index contributed by atoms with van der Waals surface area (Å²) < 4.78 is 0. The molecule has 4 bridgehead atoms. The van der Waals surface area contributed by atoms with Crippen LogP contribution >= 0.6 is 0 Å². The van der Waals surface area contributed by atoms with Gasteiger partial charge in [0.05, 0.1) is 12.7 Å². The van der Waals surface area contributed by atoms with E-state index in [9.17, 15) is 4.79 Å². The van der Waals surface area contributed by atoms with Gasteiger partial charge in [-0.25, -0.2) is 0 Å². The average Bonchev–Trinajstić information content (AvgIpc) is 2.67. The Balaban J connectivity index is 1.59. The van der Waals surface area contributed by atoms with Gasteiger partial charge in [0.25, 0.3) is 0 Å². The quantitative estimate of drug-likeness (QED) is 0.828. The van der Waals surface area contributed by atoms with E-state index in [0.717, 1.165) is 24.4 Å². The first-order valence-corrected chi connectivity index (χ1v) is 8.11. The van der Waals surface area contributed by atoms with Gasteiger partial charge in [0.15, 0.2) is 0 Å². The van der Waals surface area contributed by atoms with Gasteiger partial charge in [-0.1, -0.05) is 0 Å². The van der Waals surface area contributed by atoms with Gasteiger partial charge in [0, 0.05) is 6.04 Å². The molecule has 5 rings (SSSR count). The van der Waals surface area contributed by atoms with E-state index in [-0.39, 0.29) is 6.04 Å². The van der Waals surface area contributed by atoms with Crippen LogP contribution in [0.2, 0.25) is 0 Å². The SMILES string of the molecule is CC1NCN(C(C)C23CC4CC(CC(C4)C2)C3)C1=O. The van der Waals surface area contributed by atoms with Crippen LogP contribution in [0.5, 0.6) is 0 Å². The van der Waals surface area contributed by atoms with E-state index in [1.807, 2.05) is 6.92 Å². The largest absolute Gasteiger partial charge is 0.325 e. The first-order chi connectivity index (χ1) is 9.07. The Morgan fingerprint density at radius 3 is 2.11 bits per heavy atom. The molecule has 4 aliphatic carbocycles. The minimum absolute atomic E-state index is 0.0244. The molecule has 1 N–H and O–H groups in total. The lowest BCUT2D eigenvalue weighted by molar-refractivity contribution is -0.140. The topological polar surface area (TPSA) is 32.3 Å². The van der Waals surface area contributed by atoms with Crippen LogP contribution in [0.1, 0.15) is 52.4 Å². The van der Waals surface area contributed by atoms with Crippen LogP contribution in [0, 0.1) is 23.2 Å². The molecule has 1 saturated heterocycles. The first-order valence-electron chi connectivity index (χ1n) is 8.11. The predicted molar refractivity (Wildman–Crippen MR) is 74.4 cm³/mol. The summed E-state index contributed by atoms with van der Waals surface area (Å²) in [6.07, 6.45) is 8.60. The highest BCUT2D eigenvalue weighted by Gasteiger charge is 2.55. The molecule has 106 valence electrons. The van der Waals surface area contributed by atoms with Crippen LogP contribution in [0.3, 0.4) is 0 Å². The molecule has 5 aliphatic rings. The van der Waals surface area contributed by atoms with E-state index >= 15 is 0 Å². The van der Waals surface area contributed by atoms with Gasteiger partial charge in [0.1, 0.15) is 0 Å². The lowest BCUT2D eigenvalue weighted by Gasteiger charge is -2.60. The molecule has 1 heterocycles. The van der Waals surface area contributed by atoms with Crippen molar-refractivity contribution in [3.63, 3.8) is 0 Å². The van der Waals surface area contributed by atoms with Crippen molar-refractivity contribution in [2.45, 2.75) is 64.5 Å². The fourth-order valence-electron chi connectivity index (χ4n) is 6.00. The summed E-state index contributed by atoms with van der Waals surface area (Å²) in [5.74, 6) is 3.23. The standard InChI is InChI=1S/C16H26N2O/c1-10-15(19)18(9-17-10)11(2)16-6-12-3-13(7-16)5-14(4-12)8-16/h10-14,17H,3-9H2,1-2H3. The zero-order valence-electron chi connectivity index (χ0n) is 12.2. The van der Waals surface area contributed by atoms with Crippen LogP contribution in [-0.4, -0.2) is 29.6 Å². The van der Waals surface area contributed by atoms with E-state index in [1.54, 1.807) is 0 Å². The zero-order chi connectivity index (χ0) is 13.2.